The first kappa shape index (κ1) is 7.43. The maximum absolute atomic E-state index is 9.56. The second-order valence-electron chi connectivity index (χ2n) is 2.44. The van der Waals surface area contributed by atoms with Gasteiger partial charge in [-0.3, -0.25) is 4.79 Å². The van der Waals surface area contributed by atoms with Crippen molar-refractivity contribution in [3.63, 3.8) is 0 Å². The van der Waals surface area contributed by atoms with Crippen LogP contribution in [0.3, 0.4) is 0 Å². The van der Waals surface area contributed by atoms with Crippen molar-refractivity contribution in [2.75, 3.05) is 6.54 Å². The highest BCUT2D eigenvalue weighted by Gasteiger charge is 2.07. The first-order valence-electron chi connectivity index (χ1n) is 2.45. The lowest BCUT2D eigenvalue weighted by Gasteiger charge is -2.15. The Hall–Kier alpha value is -0.570. The molecule has 0 unspecified atom stereocenters. The van der Waals surface area contributed by atoms with Crippen LogP contribution in [0.15, 0.2) is 0 Å². The highest BCUT2D eigenvalue weighted by molar-refractivity contribution is 5.47. The molecule has 0 saturated heterocycles. The molecule has 0 heterocycles. The maximum Gasteiger partial charge on any atom is 0.309 e. The Balaban J connectivity index is 3.24. The molecule has 0 aromatic heterocycles. The molecule has 1 radical (unpaired) electrons. The summed E-state index contributed by atoms with van der Waals surface area (Å²) in [7, 11) is 0. The molecule has 0 aliphatic carbocycles. The fourth-order valence-corrected chi connectivity index (χ4v) is 0.264. The van der Waals surface area contributed by atoms with Gasteiger partial charge in [0.2, 0.25) is 0 Å². The van der Waals surface area contributed by atoms with E-state index < -0.39 is 0 Å². The lowest BCUT2D eigenvalue weighted by atomic mass is 10.1. The Morgan fingerprint density at radius 3 is 2.38 bits per heavy atom. The van der Waals surface area contributed by atoms with Crippen molar-refractivity contribution in [2.24, 2.45) is 5.73 Å². The van der Waals surface area contributed by atoms with Crippen LogP contribution in [0, 0.1) is 0 Å². The molecule has 1 amide bonds. The largest absolute Gasteiger partial charge is 0.346 e. The van der Waals surface area contributed by atoms with E-state index in [9.17, 15) is 4.79 Å². The van der Waals surface area contributed by atoms with Gasteiger partial charge in [0.25, 0.3) is 0 Å². The normalized spacial score (nSPS) is 10.9. The van der Waals surface area contributed by atoms with Crippen molar-refractivity contribution in [3.8, 4) is 0 Å². The van der Waals surface area contributed by atoms with Gasteiger partial charge in [-0.05, 0) is 13.8 Å². The SMILES string of the molecule is CC(C)(N)CN[C]=O. The first-order chi connectivity index (χ1) is 3.56. The Bertz CT molecular complexity index is 75.0. The summed E-state index contributed by atoms with van der Waals surface area (Å²) < 4.78 is 0. The number of carbonyl (C=O) groups excluding carboxylic acids is 1. The van der Waals surface area contributed by atoms with Crippen LogP contribution in [0.5, 0.6) is 0 Å². The standard InChI is InChI=1S/C5H11N2O/c1-5(2,6)3-7-4-8/h3,6H2,1-2H3,(H,7,8). The molecule has 0 spiro atoms. The van der Waals surface area contributed by atoms with Gasteiger partial charge in [0, 0.05) is 12.1 Å². The molecule has 3 heteroatoms. The van der Waals surface area contributed by atoms with Gasteiger partial charge in [-0.25, -0.2) is 0 Å². The number of hydrogen-bond donors (Lipinski definition) is 2. The second kappa shape index (κ2) is 2.67. The predicted molar refractivity (Wildman–Crippen MR) is 32.0 cm³/mol. The topological polar surface area (TPSA) is 55.1 Å². The molecule has 0 aromatic carbocycles. The van der Waals surface area contributed by atoms with E-state index in [4.69, 9.17) is 5.73 Å². The Labute approximate surface area is 49.3 Å². The molecule has 0 bridgehead atoms. The van der Waals surface area contributed by atoms with Gasteiger partial charge in [0.1, 0.15) is 0 Å². The summed E-state index contributed by atoms with van der Waals surface area (Å²) in [5, 5.41) is 2.36. The molecule has 0 aromatic rings. The second-order valence-corrected chi connectivity index (χ2v) is 2.44. The van der Waals surface area contributed by atoms with Gasteiger partial charge in [-0.2, -0.15) is 0 Å². The van der Waals surface area contributed by atoms with Crippen LogP contribution in [-0.2, 0) is 4.79 Å². The predicted octanol–water partition coefficient (Wildman–Crippen LogP) is -0.619. The quantitative estimate of drug-likeness (QED) is 0.482. The fraction of sp³-hybridized carbons (Fsp3) is 0.800. The van der Waals surface area contributed by atoms with E-state index in [1.807, 2.05) is 13.8 Å². The van der Waals surface area contributed by atoms with Gasteiger partial charge in [0.15, 0.2) is 0 Å². The molecule has 3 nitrogen and oxygen atoms in total. The minimum atomic E-state index is -0.322. The summed E-state index contributed by atoms with van der Waals surface area (Å²) in [4.78, 5) is 9.56. The van der Waals surface area contributed by atoms with E-state index in [1.165, 1.54) is 0 Å². The van der Waals surface area contributed by atoms with E-state index in [2.05, 4.69) is 5.32 Å². The summed E-state index contributed by atoms with van der Waals surface area (Å²) in [5.74, 6) is 0. The van der Waals surface area contributed by atoms with Gasteiger partial charge < -0.3 is 11.1 Å². The summed E-state index contributed by atoms with van der Waals surface area (Å²) in [6.07, 6.45) is 1.54. The number of rotatable bonds is 3. The fourth-order valence-electron chi connectivity index (χ4n) is 0.264. The molecule has 0 saturated carbocycles. The molecule has 3 N–H and O–H groups in total. The van der Waals surface area contributed by atoms with E-state index in [0.717, 1.165) is 0 Å². The van der Waals surface area contributed by atoms with Crippen molar-refractivity contribution in [1.82, 2.24) is 5.32 Å². The van der Waals surface area contributed by atoms with Crippen LogP contribution >= 0.6 is 0 Å². The highest BCUT2D eigenvalue weighted by atomic mass is 16.1. The molecule has 47 valence electrons. The van der Waals surface area contributed by atoms with Gasteiger partial charge in [-0.1, -0.05) is 0 Å². The summed E-state index contributed by atoms with van der Waals surface area (Å²) in [6, 6.07) is 0. The minimum absolute atomic E-state index is 0.322. The number of nitrogens with two attached hydrogens (primary N) is 1. The van der Waals surface area contributed by atoms with Crippen LogP contribution in [0.2, 0.25) is 0 Å². The average molecular weight is 115 g/mol. The summed E-state index contributed by atoms with van der Waals surface area (Å²) >= 11 is 0. The van der Waals surface area contributed by atoms with Crippen LogP contribution in [-0.4, -0.2) is 18.5 Å². The van der Waals surface area contributed by atoms with Gasteiger partial charge >= 0.3 is 6.41 Å². The molecular formula is C5H11N2O. The molecule has 0 rings (SSSR count). The van der Waals surface area contributed by atoms with Crippen LogP contribution in [0.25, 0.3) is 0 Å². The van der Waals surface area contributed by atoms with Crippen LogP contribution in [0.4, 0.5) is 0 Å². The zero-order valence-electron chi connectivity index (χ0n) is 5.19. The van der Waals surface area contributed by atoms with Crippen LogP contribution in [0.1, 0.15) is 13.8 Å². The Morgan fingerprint density at radius 1 is 1.75 bits per heavy atom. The van der Waals surface area contributed by atoms with E-state index in [1.54, 1.807) is 6.41 Å². The molecule has 0 aliphatic rings. The number of nitrogens with one attached hydrogen (secondary N) is 1. The summed E-state index contributed by atoms with van der Waals surface area (Å²) in [6.45, 7) is 4.13. The average Bonchev–Trinajstić information content (AvgIpc) is 1.59. The molecule has 0 atom stereocenters. The third kappa shape index (κ3) is 5.43. The lowest BCUT2D eigenvalue weighted by Crippen LogP contribution is -2.42. The zero-order chi connectivity index (χ0) is 6.62. The zero-order valence-corrected chi connectivity index (χ0v) is 5.19. The van der Waals surface area contributed by atoms with E-state index >= 15 is 0 Å². The van der Waals surface area contributed by atoms with Crippen molar-refractivity contribution >= 4 is 6.41 Å². The first-order valence-corrected chi connectivity index (χ1v) is 2.45. The third-order valence-electron chi connectivity index (χ3n) is 0.616. The number of hydrogen-bond acceptors (Lipinski definition) is 2. The highest BCUT2D eigenvalue weighted by Crippen LogP contribution is 1.90. The van der Waals surface area contributed by atoms with Crippen LogP contribution < -0.4 is 11.1 Å². The Morgan fingerprint density at radius 2 is 2.25 bits per heavy atom. The van der Waals surface area contributed by atoms with Crippen molar-refractivity contribution in [1.29, 1.82) is 0 Å². The number of amides is 1. The summed E-state index contributed by atoms with van der Waals surface area (Å²) in [5.41, 5.74) is 5.16. The minimum Gasteiger partial charge on any atom is -0.346 e. The molecule has 8 heavy (non-hydrogen) atoms. The van der Waals surface area contributed by atoms with Gasteiger partial charge in [-0.15, -0.1) is 0 Å². The maximum atomic E-state index is 9.56. The smallest absolute Gasteiger partial charge is 0.309 e. The lowest BCUT2D eigenvalue weighted by molar-refractivity contribution is 0.484. The van der Waals surface area contributed by atoms with E-state index in [-0.39, 0.29) is 5.54 Å². The molecule has 0 aliphatic heterocycles. The van der Waals surface area contributed by atoms with Crippen molar-refractivity contribution in [3.05, 3.63) is 0 Å². The Kier molecular flexibility index (Phi) is 2.48. The van der Waals surface area contributed by atoms with E-state index in [0.29, 0.717) is 6.54 Å². The molecule has 0 fully saturated rings. The van der Waals surface area contributed by atoms with Crippen molar-refractivity contribution < 1.29 is 4.79 Å². The van der Waals surface area contributed by atoms with Gasteiger partial charge in [0.05, 0.1) is 0 Å². The monoisotopic (exact) mass is 115 g/mol. The van der Waals surface area contributed by atoms with Crippen molar-refractivity contribution in [2.45, 2.75) is 19.4 Å². The molecular weight excluding hydrogens is 104 g/mol. The third-order valence-corrected chi connectivity index (χ3v) is 0.616.